The minimum absolute atomic E-state index is 0.0295. The highest BCUT2D eigenvalue weighted by molar-refractivity contribution is 5.81. The van der Waals surface area contributed by atoms with Gasteiger partial charge in [0.2, 0.25) is 5.91 Å². The van der Waals surface area contributed by atoms with Gasteiger partial charge in [0.25, 0.3) is 0 Å². The number of nitrogens with one attached hydrogen (secondary N) is 2. The van der Waals surface area contributed by atoms with E-state index < -0.39 is 0 Å². The van der Waals surface area contributed by atoms with Gasteiger partial charge in [-0.25, -0.2) is 0 Å². The summed E-state index contributed by atoms with van der Waals surface area (Å²) >= 11 is 0. The molecule has 1 aliphatic carbocycles. The largest absolute Gasteiger partial charge is 0.358 e. The highest BCUT2D eigenvalue weighted by Crippen LogP contribution is 2.18. The highest BCUT2D eigenvalue weighted by atomic mass is 16.2. The summed E-state index contributed by atoms with van der Waals surface area (Å²) in [7, 11) is 1.71. The van der Waals surface area contributed by atoms with E-state index in [1.807, 2.05) is 0 Å². The third-order valence-corrected chi connectivity index (χ3v) is 3.22. The lowest BCUT2D eigenvalue weighted by molar-refractivity contribution is -0.124. The van der Waals surface area contributed by atoms with Gasteiger partial charge in [0, 0.05) is 13.1 Å². The maximum Gasteiger partial charge on any atom is 0.237 e. The lowest BCUT2D eigenvalue weighted by atomic mass is 9.93. The van der Waals surface area contributed by atoms with Crippen LogP contribution in [0.4, 0.5) is 0 Å². The summed E-state index contributed by atoms with van der Waals surface area (Å²) in [4.78, 5) is 11.7. The maximum absolute atomic E-state index is 11.7. The average molecular weight is 212 g/mol. The Morgan fingerprint density at radius 2 is 1.80 bits per heavy atom. The molecular weight excluding hydrogens is 188 g/mol. The van der Waals surface area contributed by atoms with Crippen LogP contribution in [0.2, 0.25) is 0 Å². The van der Waals surface area contributed by atoms with E-state index in [1.54, 1.807) is 7.05 Å². The Morgan fingerprint density at radius 1 is 1.20 bits per heavy atom. The Kier molecular flexibility index (Phi) is 5.09. The van der Waals surface area contributed by atoms with E-state index >= 15 is 0 Å². The molecule has 1 rings (SSSR count). The normalized spacial score (nSPS) is 20.3. The van der Waals surface area contributed by atoms with Gasteiger partial charge in [-0.15, -0.1) is 0 Å². The third-order valence-electron chi connectivity index (χ3n) is 3.22. The second-order valence-electron chi connectivity index (χ2n) is 4.84. The molecule has 1 unspecified atom stereocenters. The molecule has 0 heterocycles. The van der Waals surface area contributed by atoms with E-state index in [4.69, 9.17) is 0 Å². The third kappa shape index (κ3) is 3.82. The van der Waals surface area contributed by atoms with E-state index in [2.05, 4.69) is 24.5 Å². The topological polar surface area (TPSA) is 41.1 Å². The molecule has 0 spiro atoms. The maximum atomic E-state index is 11.7. The van der Waals surface area contributed by atoms with Crippen molar-refractivity contribution in [3.8, 4) is 0 Å². The molecule has 88 valence electrons. The molecule has 0 aromatic carbocycles. The van der Waals surface area contributed by atoms with Gasteiger partial charge < -0.3 is 10.6 Å². The Labute approximate surface area is 93.0 Å². The average Bonchev–Trinajstić information content (AvgIpc) is 2.26. The van der Waals surface area contributed by atoms with Crippen LogP contribution in [-0.2, 0) is 4.79 Å². The van der Waals surface area contributed by atoms with Crippen molar-refractivity contribution in [1.29, 1.82) is 0 Å². The Morgan fingerprint density at radius 3 is 2.27 bits per heavy atom. The zero-order chi connectivity index (χ0) is 11.3. The predicted octanol–water partition coefficient (Wildman–Crippen LogP) is 1.68. The first-order valence-corrected chi connectivity index (χ1v) is 6.12. The molecule has 1 aliphatic rings. The summed E-state index contributed by atoms with van der Waals surface area (Å²) < 4.78 is 0. The molecule has 1 saturated carbocycles. The number of hydrogen-bond donors (Lipinski definition) is 2. The number of hydrogen-bond acceptors (Lipinski definition) is 2. The van der Waals surface area contributed by atoms with Gasteiger partial charge >= 0.3 is 0 Å². The van der Waals surface area contributed by atoms with E-state index in [0.29, 0.717) is 12.0 Å². The van der Waals surface area contributed by atoms with Gasteiger partial charge in [-0.05, 0) is 18.8 Å². The summed E-state index contributed by atoms with van der Waals surface area (Å²) in [6.07, 6.45) is 6.40. The minimum Gasteiger partial charge on any atom is -0.358 e. The molecule has 3 heteroatoms. The molecule has 1 atom stereocenters. The van der Waals surface area contributed by atoms with Crippen LogP contribution in [0.25, 0.3) is 0 Å². The van der Waals surface area contributed by atoms with Gasteiger partial charge in [-0.1, -0.05) is 33.1 Å². The van der Waals surface area contributed by atoms with E-state index in [-0.39, 0.29) is 11.9 Å². The van der Waals surface area contributed by atoms with Crippen LogP contribution in [-0.4, -0.2) is 25.0 Å². The SMILES string of the molecule is CNC(=O)C(NC1CCCCC1)C(C)C. The molecule has 15 heavy (non-hydrogen) atoms. The fourth-order valence-electron chi connectivity index (χ4n) is 2.25. The lowest BCUT2D eigenvalue weighted by Crippen LogP contribution is -2.50. The van der Waals surface area contributed by atoms with Gasteiger partial charge in [0.05, 0.1) is 6.04 Å². The Hall–Kier alpha value is -0.570. The Balaban J connectivity index is 2.46. The van der Waals surface area contributed by atoms with Crippen LogP contribution in [0.5, 0.6) is 0 Å². The van der Waals surface area contributed by atoms with Crippen molar-refractivity contribution in [3.05, 3.63) is 0 Å². The molecular formula is C12H24N2O. The number of carbonyl (C=O) groups excluding carboxylic acids is 1. The number of likely N-dealkylation sites (N-methyl/N-ethyl adjacent to an activating group) is 1. The molecule has 1 amide bonds. The fourth-order valence-corrected chi connectivity index (χ4v) is 2.25. The molecule has 0 aromatic rings. The van der Waals surface area contributed by atoms with Gasteiger partial charge in [0.1, 0.15) is 0 Å². The standard InChI is InChI=1S/C12H24N2O/c1-9(2)11(12(15)13-3)14-10-7-5-4-6-8-10/h9-11,14H,4-8H2,1-3H3,(H,13,15). The van der Waals surface area contributed by atoms with Crippen LogP contribution >= 0.6 is 0 Å². The van der Waals surface area contributed by atoms with Crippen LogP contribution < -0.4 is 10.6 Å². The first kappa shape index (κ1) is 12.5. The zero-order valence-electron chi connectivity index (χ0n) is 10.2. The van der Waals surface area contributed by atoms with E-state index in [0.717, 1.165) is 0 Å². The van der Waals surface area contributed by atoms with E-state index in [1.165, 1.54) is 32.1 Å². The summed E-state index contributed by atoms with van der Waals surface area (Å²) in [5.74, 6) is 0.474. The van der Waals surface area contributed by atoms with Crippen LogP contribution in [0.1, 0.15) is 46.0 Å². The van der Waals surface area contributed by atoms with Crippen molar-refractivity contribution in [1.82, 2.24) is 10.6 Å². The van der Waals surface area contributed by atoms with Crippen molar-refractivity contribution >= 4 is 5.91 Å². The molecule has 1 fully saturated rings. The zero-order valence-corrected chi connectivity index (χ0v) is 10.2. The van der Waals surface area contributed by atoms with Gasteiger partial charge in [-0.3, -0.25) is 4.79 Å². The van der Waals surface area contributed by atoms with Crippen LogP contribution in [0, 0.1) is 5.92 Å². The van der Waals surface area contributed by atoms with Crippen molar-refractivity contribution < 1.29 is 4.79 Å². The predicted molar refractivity (Wildman–Crippen MR) is 62.7 cm³/mol. The lowest BCUT2D eigenvalue weighted by Gasteiger charge is -2.29. The molecule has 0 radical (unpaired) electrons. The first-order valence-electron chi connectivity index (χ1n) is 6.12. The molecule has 0 saturated heterocycles. The highest BCUT2D eigenvalue weighted by Gasteiger charge is 2.24. The van der Waals surface area contributed by atoms with Crippen LogP contribution in [0.3, 0.4) is 0 Å². The Bertz CT molecular complexity index is 198. The molecule has 0 bridgehead atoms. The quantitative estimate of drug-likeness (QED) is 0.744. The number of carbonyl (C=O) groups is 1. The number of rotatable bonds is 4. The smallest absolute Gasteiger partial charge is 0.237 e. The summed E-state index contributed by atoms with van der Waals surface area (Å²) in [6.45, 7) is 4.19. The summed E-state index contributed by atoms with van der Waals surface area (Å²) in [6, 6.07) is 0.515. The molecule has 2 N–H and O–H groups in total. The van der Waals surface area contributed by atoms with Crippen molar-refractivity contribution in [3.63, 3.8) is 0 Å². The second-order valence-corrected chi connectivity index (χ2v) is 4.84. The summed E-state index contributed by atoms with van der Waals surface area (Å²) in [5, 5.41) is 6.23. The van der Waals surface area contributed by atoms with Crippen molar-refractivity contribution in [2.45, 2.75) is 58.0 Å². The fraction of sp³-hybridized carbons (Fsp3) is 0.917. The molecule has 0 aliphatic heterocycles. The van der Waals surface area contributed by atoms with E-state index in [9.17, 15) is 4.79 Å². The van der Waals surface area contributed by atoms with Crippen molar-refractivity contribution in [2.75, 3.05) is 7.05 Å². The molecule has 3 nitrogen and oxygen atoms in total. The van der Waals surface area contributed by atoms with Crippen molar-refractivity contribution in [2.24, 2.45) is 5.92 Å². The van der Waals surface area contributed by atoms with Gasteiger partial charge in [0.15, 0.2) is 0 Å². The second kappa shape index (κ2) is 6.11. The first-order chi connectivity index (χ1) is 7.15. The van der Waals surface area contributed by atoms with Crippen LogP contribution in [0.15, 0.2) is 0 Å². The monoisotopic (exact) mass is 212 g/mol. The molecule has 0 aromatic heterocycles. The number of amides is 1. The van der Waals surface area contributed by atoms with Gasteiger partial charge in [-0.2, -0.15) is 0 Å². The summed E-state index contributed by atoms with van der Waals surface area (Å²) in [5.41, 5.74) is 0. The minimum atomic E-state index is -0.0295.